The Morgan fingerprint density at radius 3 is 2.53 bits per heavy atom. The first kappa shape index (κ1) is 10.5. The van der Waals surface area contributed by atoms with Crippen molar-refractivity contribution in [2.45, 2.75) is 38.3 Å². The largest absolute Gasteiger partial charge is 0.497 e. The fraction of sp³-hybridized carbons (Fsp3) is 0.538. The van der Waals surface area contributed by atoms with Crippen LogP contribution in [0.3, 0.4) is 0 Å². The maximum atomic E-state index is 5.13. The van der Waals surface area contributed by atoms with Crippen LogP contribution in [0.1, 0.15) is 25.3 Å². The summed E-state index contributed by atoms with van der Waals surface area (Å²) >= 11 is 0. The molecular formula is C13H19NO. The summed E-state index contributed by atoms with van der Waals surface area (Å²) in [7, 11) is 1.70. The van der Waals surface area contributed by atoms with Gasteiger partial charge in [-0.2, -0.15) is 0 Å². The Labute approximate surface area is 91.6 Å². The van der Waals surface area contributed by atoms with E-state index in [0.717, 1.165) is 18.2 Å². The molecule has 1 aliphatic rings. The first-order chi connectivity index (χ1) is 7.28. The van der Waals surface area contributed by atoms with Crippen LogP contribution < -0.4 is 10.1 Å². The Kier molecular flexibility index (Phi) is 3.27. The summed E-state index contributed by atoms with van der Waals surface area (Å²) in [6.07, 6.45) is 3.81. The summed E-state index contributed by atoms with van der Waals surface area (Å²) in [5.74, 6) is 0.932. The number of hydrogen-bond acceptors (Lipinski definition) is 2. The molecule has 2 nitrogen and oxygen atoms in total. The highest BCUT2D eigenvalue weighted by Gasteiger charge is 2.22. The Morgan fingerprint density at radius 2 is 2.00 bits per heavy atom. The second-order valence-electron chi connectivity index (χ2n) is 4.39. The Balaban J connectivity index is 1.85. The molecule has 1 aromatic rings. The van der Waals surface area contributed by atoms with E-state index in [-0.39, 0.29) is 0 Å². The molecule has 2 heteroatoms. The topological polar surface area (TPSA) is 21.3 Å². The van der Waals surface area contributed by atoms with Crippen molar-refractivity contribution in [2.24, 2.45) is 0 Å². The van der Waals surface area contributed by atoms with Crippen molar-refractivity contribution >= 4 is 0 Å². The lowest BCUT2D eigenvalue weighted by Gasteiger charge is -2.13. The van der Waals surface area contributed by atoms with Gasteiger partial charge in [0.15, 0.2) is 0 Å². The zero-order valence-corrected chi connectivity index (χ0v) is 9.49. The van der Waals surface area contributed by atoms with Gasteiger partial charge in [-0.3, -0.25) is 0 Å². The molecule has 0 bridgehead atoms. The van der Waals surface area contributed by atoms with Gasteiger partial charge in [0.2, 0.25) is 0 Å². The van der Waals surface area contributed by atoms with Crippen LogP contribution in [-0.2, 0) is 6.42 Å². The molecule has 15 heavy (non-hydrogen) atoms. The van der Waals surface area contributed by atoms with E-state index in [4.69, 9.17) is 4.74 Å². The van der Waals surface area contributed by atoms with Crippen LogP contribution in [0.15, 0.2) is 24.3 Å². The molecule has 0 radical (unpaired) electrons. The molecule has 1 N–H and O–H groups in total. The zero-order valence-electron chi connectivity index (χ0n) is 9.49. The average Bonchev–Trinajstić information content (AvgIpc) is 3.03. The maximum Gasteiger partial charge on any atom is 0.118 e. The van der Waals surface area contributed by atoms with Gasteiger partial charge in [-0.05, 0) is 43.9 Å². The van der Waals surface area contributed by atoms with Crippen molar-refractivity contribution in [3.8, 4) is 5.75 Å². The number of benzene rings is 1. The van der Waals surface area contributed by atoms with Crippen molar-refractivity contribution in [1.29, 1.82) is 0 Å². The summed E-state index contributed by atoms with van der Waals surface area (Å²) in [5.41, 5.74) is 1.37. The van der Waals surface area contributed by atoms with Crippen LogP contribution in [0.5, 0.6) is 5.75 Å². The van der Waals surface area contributed by atoms with E-state index in [9.17, 15) is 0 Å². The van der Waals surface area contributed by atoms with Gasteiger partial charge in [0.1, 0.15) is 5.75 Å². The first-order valence-corrected chi connectivity index (χ1v) is 5.67. The molecule has 1 atom stereocenters. The molecule has 0 aliphatic heterocycles. The van der Waals surface area contributed by atoms with Crippen LogP contribution in [-0.4, -0.2) is 19.2 Å². The number of ether oxygens (including phenoxy) is 1. The predicted molar refractivity (Wildman–Crippen MR) is 62.3 cm³/mol. The van der Waals surface area contributed by atoms with Crippen molar-refractivity contribution in [2.75, 3.05) is 7.11 Å². The zero-order chi connectivity index (χ0) is 10.7. The summed E-state index contributed by atoms with van der Waals surface area (Å²) in [6.45, 7) is 2.25. The molecule has 0 amide bonds. The van der Waals surface area contributed by atoms with Gasteiger partial charge in [-0.25, -0.2) is 0 Å². The van der Waals surface area contributed by atoms with Crippen LogP contribution in [0.2, 0.25) is 0 Å². The monoisotopic (exact) mass is 205 g/mol. The van der Waals surface area contributed by atoms with Gasteiger partial charge in [-0.15, -0.1) is 0 Å². The van der Waals surface area contributed by atoms with Crippen molar-refractivity contribution in [3.63, 3.8) is 0 Å². The summed E-state index contributed by atoms with van der Waals surface area (Å²) in [6, 6.07) is 9.70. The summed E-state index contributed by atoms with van der Waals surface area (Å²) in [4.78, 5) is 0. The average molecular weight is 205 g/mol. The van der Waals surface area contributed by atoms with Gasteiger partial charge >= 0.3 is 0 Å². The van der Waals surface area contributed by atoms with E-state index in [1.54, 1.807) is 7.11 Å². The van der Waals surface area contributed by atoms with Crippen LogP contribution in [0, 0.1) is 0 Å². The lowest BCUT2D eigenvalue weighted by molar-refractivity contribution is 0.414. The molecule has 0 unspecified atom stereocenters. The smallest absolute Gasteiger partial charge is 0.118 e. The molecule has 1 saturated carbocycles. The molecule has 0 spiro atoms. The second-order valence-corrected chi connectivity index (χ2v) is 4.39. The summed E-state index contributed by atoms with van der Waals surface area (Å²) < 4.78 is 5.13. The third-order valence-corrected chi connectivity index (χ3v) is 2.80. The minimum Gasteiger partial charge on any atom is -0.497 e. The van der Waals surface area contributed by atoms with Gasteiger partial charge in [0, 0.05) is 12.1 Å². The number of methoxy groups -OCH3 is 1. The van der Waals surface area contributed by atoms with E-state index in [2.05, 4.69) is 24.4 Å². The lowest BCUT2D eigenvalue weighted by Crippen LogP contribution is -2.29. The Morgan fingerprint density at radius 1 is 1.33 bits per heavy atom. The van der Waals surface area contributed by atoms with Gasteiger partial charge in [0.05, 0.1) is 7.11 Å². The van der Waals surface area contributed by atoms with E-state index in [0.29, 0.717) is 6.04 Å². The minimum absolute atomic E-state index is 0.575. The molecule has 1 aromatic carbocycles. The molecule has 1 aliphatic carbocycles. The number of hydrogen-bond donors (Lipinski definition) is 1. The molecule has 82 valence electrons. The standard InChI is InChI=1S/C13H19NO/c1-10(14-12-5-6-12)9-11-3-7-13(15-2)8-4-11/h3-4,7-8,10,12,14H,5-6,9H2,1-2H3/t10-/m0/s1. The Hall–Kier alpha value is -1.02. The quantitative estimate of drug-likeness (QED) is 0.797. The van der Waals surface area contributed by atoms with Gasteiger partial charge in [0.25, 0.3) is 0 Å². The molecule has 0 saturated heterocycles. The highest BCUT2D eigenvalue weighted by Crippen LogP contribution is 2.20. The van der Waals surface area contributed by atoms with E-state index >= 15 is 0 Å². The molecule has 0 heterocycles. The molecule has 2 rings (SSSR count). The first-order valence-electron chi connectivity index (χ1n) is 5.67. The van der Waals surface area contributed by atoms with E-state index in [1.807, 2.05) is 12.1 Å². The fourth-order valence-corrected chi connectivity index (χ4v) is 1.83. The third kappa shape index (κ3) is 3.24. The van der Waals surface area contributed by atoms with Crippen LogP contribution >= 0.6 is 0 Å². The SMILES string of the molecule is COc1ccc(C[C@H](C)NC2CC2)cc1. The van der Waals surface area contributed by atoms with Crippen molar-refractivity contribution in [3.05, 3.63) is 29.8 Å². The highest BCUT2D eigenvalue weighted by atomic mass is 16.5. The van der Waals surface area contributed by atoms with E-state index in [1.165, 1.54) is 18.4 Å². The number of nitrogens with one attached hydrogen (secondary N) is 1. The summed E-state index contributed by atoms with van der Waals surface area (Å²) in [5, 5.41) is 3.60. The molecule has 0 aromatic heterocycles. The molecular weight excluding hydrogens is 186 g/mol. The highest BCUT2D eigenvalue weighted by molar-refractivity contribution is 5.27. The minimum atomic E-state index is 0.575. The van der Waals surface area contributed by atoms with Gasteiger partial charge in [-0.1, -0.05) is 12.1 Å². The third-order valence-electron chi connectivity index (χ3n) is 2.80. The molecule has 1 fully saturated rings. The lowest BCUT2D eigenvalue weighted by atomic mass is 10.1. The fourth-order valence-electron chi connectivity index (χ4n) is 1.83. The van der Waals surface area contributed by atoms with Crippen LogP contribution in [0.4, 0.5) is 0 Å². The maximum absolute atomic E-state index is 5.13. The predicted octanol–water partition coefficient (Wildman–Crippen LogP) is 2.38. The van der Waals surface area contributed by atoms with Crippen molar-refractivity contribution in [1.82, 2.24) is 5.32 Å². The van der Waals surface area contributed by atoms with Crippen LogP contribution in [0.25, 0.3) is 0 Å². The Bertz CT molecular complexity index is 303. The second kappa shape index (κ2) is 4.67. The van der Waals surface area contributed by atoms with E-state index < -0.39 is 0 Å². The van der Waals surface area contributed by atoms with Gasteiger partial charge < -0.3 is 10.1 Å². The normalized spacial score (nSPS) is 17.5. The van der Waals surface area contributed by atoms with Crippen molar-refractivity contribution < 1.29 is 4.74 Å². The number of rotatable bonds is 5.